The maximum absolute atomic E-state index is 13.4. The normalized spacial score (nSPS) is 13.3. The van der Waals surface area contributed by atoms with E-state index in [-0.39, 0.29) is 34.3 Å². The van der Waals surface area contributed by atoms with E-state index in [9.17, 15) is 20.0 Å². The minimum absolute atomic E-state index is 0.0124. The molecule has 0 radical (unpaired) electrons. The van der Waals surface area contributed by atoms with E-state index in [0.717, 1.165) is 0 Å². The van der Waals surface area contributed by atoms with Gasteiger partial charge in [-0.1, -0.05) is 24.3 Å². The van der Waals surface area contributed by atoms with Crippen molar-refractivity contribution in [3.05, 3.63) is 70.5 Å². The molecule has 1 fully saturated rings. The van der Waals surface area contributed by atoms with E-state index in [1.807, 2.05) is 0 Å². The number of aromatic hydroxyl groups is 1. The summed E-state index contributed by atoms with van der Waals surface area (Å²) >= 11 is 0. The van der Waals surface area contributed by atoms with E-state index in [0.29, 0.717) is 47.2 Å². The van der Waals surface area contributed by atoms with Crippen LogP contribution in [0.5, 0.6) is 11.5 Å². The lowest BCUT2D eigenvalue weighted by molar-refractivity contribution is -0.117. The number of nitrogens with zero attached hydrogens (tertiary/aromatic N) is 4. The molecule has 0 atom stereocenters. The number of anilines is 1. The maximum Gasteiger partial charge on any atom is 0.264 e. The number of aryl methyl sites for hydroxylation is 1. The van der Waals surface area contributed by atoms with Crippen molar-refractivity contribution in [2.45, 2.75) is 12.8 Å². The van der Waals surface area contributed by atoms with Crippen LogP contribution in [0.15, 0.2) is 59.4 Å². The number of fused-ring (bicyclic) bond motifs is 1. The molecular weight excluding hydrogens is 444 g/mol. The lowest BCUT2D eigenvalue weighted by Gasteiger charge is -2.20. The van der Waals surface area contributed by atoms with E-state index in [1.54, 1.807) is 68.8 Å². The van der Waals surface area contributed by atoms with Crippen LogP contribution >= 0.6 is 0 Å². The van der Waals surface area contributed by atoms with Crippen LogP contribution in [0.4, 0.5) is 5.82 Å². The average molecular weight is 466 g/mol. The molecule has 1 aliphatic heterocycles. The summed E-state index contributed by atoms with van der Waals surface area (Å²) in [6, 6.07) is 18.0. The van der Waals surface area contributed by atoms with E-state index >= 15 is 0 Å². The van der Waals surface area contributed by atoms with Crippen molar-refractivity contribution in [2.24, 2.45) is 7.05 Å². The van der Waals surface area contributed by atoms with Crippen molar-refractivity contribution in [1.29, 1.82) is 5.26 Å². The number of carbonyl (C=O) groups is 1. The number of rotatable bonds is 4. The Morgan fingerprint density at radius 3 is 2.51 bits per heavy atom. The van der Waals surface area contributed by atoms with Crippen LogP contribution in [-0.4, -0.2) is 34.2 Å². The Morgan fingerprint density at radius 2 is 1.86 bits per heavy atom. The quantitative estimate of drug-likeness (QED) is 0.487. The predicted molar refractivity (Wildman–Crippen MR) is 132 cm³/mol. The second-order valence-electron chi connectivity index (χ2n) is 8.35. The molecule has 0 saturated carbocycles. The van der Waals surface area contributed by atoms with Crippen LogP contribution < -0.4 is 15.2 Å². The number of hydrogen-bond acceptors (Lipinski definition) is 6. The number of benzene rings is 2. The fourth-order valence-corrected chi connectivity index (χ4v) is 4.55. The van der Waals surface area contributed by atoms with Gasteiger partial charge in [0.05, 0.1) is 18.3 Å². The van der Waals surface area contributed by atoms with Gasteiger partial charge in [0.15, 0.2) is 5.82 Å². The number of hydrogen-bond donors (Lipinski definition) is 1. The van der Waals surface area contributed by atoms with Crippen LogP contribution in [0, 0.1) is 11.3 Å². The minimum atomic E-state index is -0.433. The van der Waals surface area contributed by atoms with E-state index in [2.05, 4.69) is 11.1 Å². The van der Waals surface area contributed by atoms with Crippen LogP contribution in [0.25, 0.3) is 33.3 Å². The highest BCUT2D eigenvalue weighted by Crippen LogP contribution is 2.38. The largest absolute Gasteiger partial charge is 0.506 e. The van der Waals surface area contributed by atoms with Gasteiger partial charge in [-0.15, -0.1) is 0 Å². The van der Waals surface area contributed by atoms with Crippen molar-refractivity contribution in [1.82, 2.24) is 9.55 Å². The summed E-state index contributed by atoms with van der Waals surface area (Å²) in [4.78, 5) is 32.1. The standard InChI is InChI=1S/C27H22N4O4/c1-30-22-7-4-3-6-18(22)25(33)24(27(30)34)21-14-19(16-9-11-17(35-2)12-10-16)20(15-28)26(29-21)31-13-5-8-23(31)32/h3-4,6-7,9-12,14,33H,5,8,13H2,1-2H3. The monoisotopic (exact) mass is 466 g/mol. The number of aromatic nitrogens is 2. The highest BCUT2D eigenvalue weighted by Gasteiger charge is 2.29. The number of carbonyl (C=O) groups excluding carboxylic acids is 1. The molecule has 4 aromatic rings. The van der Waals surface area contributed by atoms with E-state index in [1.165, 1.54) is 9.47 Å². The van der Waals surface area contributed by atoms with Gasteiger partial charge >= 0.3 is 0 Å². The second-order valence-corrected chi connectivity index (χ2v) is 8.35. The average Bonchev–Trinajstić information content (AvgIpc) is 3.32. The van der Waals surface area contributed by atoms with Gasteiger partial charge in [0.25, 0.3) is 5.56 Å². The van der Waals surface area contributed by atoms with Gasteiger partial charge in [-0.25, -0.2) is 4.98 Å². The van der Waals surface area contributed by atoms with Crippen LogP contribution in [0.1, 0.15) is 18.4 Å². The maximum atomic E-state index is 13.4. The molecule has 8 nitrogen and oxygen atoms in total. The summed E-state index contributed by atoms with van der Waals surface area (Å²) in [6.45, 7) is 0.424. The summed E-state index contributed by atoms with van der Waals surface area (Å²) in [5.41, 5.74) is 1.77. The summed E-state index contributed by atoms with van der Waals surface area (Å²) in [5.74, 6) is 0.508. The number of methoxy groups -OCH3 is 1. The fraction of sp³-hybridized carbons (Fsp3) is 0.185. The van der Waals surface area contributed by atoms with Crippen LogP contribution in [0.2, 0.25) is 0 Å². The SMILES string of the molecule is COc1ccc(-c2cc(-c3c(O)c4ccccc4n(C)c3=O)nc(N3CCCC3=O)c2C#N)cc1. The molecule has 1 aliphatic rings. The molecule has 8 heteroatoms. The summed E-state index contributed by atoms with van der Waals surface area (Å²) in [7, 11) is 3.20. The number of ether oxygens (including phenoxy) is 1. The zero-order valence-electron chi connectivity index (χ0n) is 19.3. The highest BCUT2D eigenvalue weighted by molar-refractivity contribution is 5.98. The summed E-state index contributed by atoms with van der Waals surface area (Å²) < 4.78 is 6.71. The van der Waals surface area contributed by atoms with Gasteiger partial charge in [-0.05, 0) is 42.3 Å². The van der Waals surface area contributed by atoms with Gasteiger partial charge in [-0.2, -0.15) is 5.26 Å². The second kappa shape index (κ2) is 8.61. The molecule has 35 heavy (non-hydrogen) atoms. The first kappa shape index (κ1) is 22.2. The smallest absolute Gasteiger partial charge is 0.264 e. The molecule has 0 spiro atoms. The van der Waals surface area contributed by atoms with Gasteiger partial charge in [0.1, 0.15) is 28.7 Å². The molecule has 1 saturated heterocycles. The van der Waals surface area contributed by atoms with Crippen molar-refractivity contribution in [3.63, 3.8) is 0 Å². The molecule has 2 aromatic carbocycles. The lowest BCUT2D eigenvalue weighted by atomic mass is 9.97. The molecule has 0 bridgehead atoms. The van der Waals surface area contributed by atoms with Gasteiger partial charge in [0, 0.05) is 31.0 Å². The molecule has 5 rings (SSSR count). The molecule has 1 N–H and O–H groups in total. The first-order chi connectivity index (χ1) is 16.9. The molecule has 1 amide bonds. The third-order valence-corrected chi connectivity index (χ3v) is 6.37. The Labute approximate surface area is 201 Å². The Bertz CT molecular complexity index is 1580. The van der Waals surface area contributed by atoms with Crippen molar-refractivity contribution >= 4 is 22.6 Å². The molecule has 0 aliphatic carbocycles. The Kier molecular flexibility index (Phi) is 5.46. The number of nitriles is 1. The zero-order valence-corrected chi connectivity index (χ0v) is 19.3. The first-order valence-electron chi connectivity index (χ1n) is 11.2. The summed E-state index contributed by atoms with van der Waals surface area (Å²) in [5, 5.41) is 21.8. The Balaban J connectivity index is 1.85. The third-order valence-electron chi connectivity index (χ3n) is 6.37. The highest BCUT2D eigenvalue weighted by atomic mass is 16.5. The molecular formula is C27H22N4O4. The van der Waals surface area contributed by atoms with Crippen molar-refractivity contribution < 1.29 is 14.6 Å². The van der Waals surface area contributed by atoms with E-state index < -0.39 is 5.56 Å². The van der Waals surface area contributed by atoms with Crippen LogP contribution in [0.3, 0.4) is 0 Å². The lowest BCUT2D eigenvalue weighted by Crippen LogP contribution is -2.26. The zero-order chi connectivity index (χ0) is 24.7. The van der Waals surface area contributed by atoms with Crippen molar-refractivity contribution in [3.8, 4) is 40.0 Å². The van der Waals surface area contributed by atoms with Gasteiger partial charge in [0.2, 0.25) is 5.91 Å². The Hall–Kier alpha value is -4.64. The molecule has 0 unspecified atom stereocenters. The third kappa shape index (κ3) is 3.58. The predicted octanol–water partition coefficient (Wildman–Crippen LogP) is 3.98. The molecule has 3 heterocycles. The molecule has 174 valence electrons. The van der Waals surface area contributed by atoms with Crippen molar-refractivity contribution in [2.75, 3.05) is 18.6 Å². The minimum Gasteiger partial charge on any atom is -0.506 e. The van der Waals surface area contributed by atoms with E-state index in [4.69, 9.17) is 4.74 Å². The molecule has 2 aromatic heterocycles. The number of amides is 1. The summed E-state index contributed by atoms with van der Waals surface area (Å²) in [6.07, 6.45) is 1.01. The first-order valence-corrected chi connectivity index (χ1v) is 11.2. The topological polar surface area (TPSA) is 108 Å². The number of para-hydroxylation sites is 1. The van der Waals surface area contributed by atoms with Crippen LogP contribution in [-0.2, 0) is 11.8 Å². The Morgan fingerprint density at radius 1 is 1.11 bits per heavy atom. The number of pyridine rings is 2. The fourth-order valence-electron chi connectivity index (χ4n) is 4.55. The van der Waals surface area contributed by atoms with Gasteiger partial charge in [-0.3, -0.25) is 14.5 Å². The van der Waals surface area contributed by atoms with Gasteiger partial charge < -0.3 is 14.4 Å².